The van der Waals surface area contributed by atoms with Gasteiger partial charge < -0.3 is 34.1 Å². The van der Waals surface area contributed by atoms with E-state index in [0.29, 0.717) is 29.7 Å². The lowest BCUT2D eigenvalue weighted by atomic mass is 9.77. The first-order valence-electron chi connectivity index (χ1n) is 16.8. The van der Waals surface area contributed by atoms with Crippen molar-refractivity contribution in [2.75, 3.05) is 52.5 Å². The van der Waals surface area contributed by atoms with Crippen molar-refractivity contribution in [3.8, 4) is 5.75 Å². The molecule has 2 aromatic heterocycles. The quantitative estimate of drug-likeness (QED) is 0.233. The molecule has 246 valence electrons. The van der Waals surface area contributed by atoms with Crippen LogP contribution < -0.4 is 10.1 Å². The number of ether oxygens (including phenoxy) is 2. The molecule has 5 rings (SSSR count). The number of likely N-dealkylation sites (tertiary alicyclic amines) is 2. The van der Waals surface area contributed by atoms with Gasteiger partial charge in [0.05, 0.1) is 12.6 Å². The number of hydrogen-bond donors (Lipinski definition) is 2. The highest BCUT2D eigenvalue weighted by molar-refractivity contribution is 5.71. The van der Waals surface area contributed by atoms with Crippen molar-refractivity contribution in [3.63, 3.8) is 0 Å². The molecular formula is C35H53N7O3. The Bertz CT molecular complexity index is 1310. The van der Waals surface area contributed by atoms with E-state index in [0.717, 1.165) is 43.1 Å². The predicted octanol–water partition coefficient (Wildman–Crippen LogP) is 4.85. The highest BCUT2D eigenvalue weighted by Crippen LogP contribution is 2.40. The van der Waals surface area contributed by atoms with Crippen molar-refractivity contribution in [1.29, 1.82) is 0 Å². The van der Waals surface area contributed by atoms with Crippen LogP contribution in [-0.4, -0.2) is 87.8 Å². The molecule has 0 amide bonds. The molecule has 10 heteroatoms. The molecule has 45 heavy (non-hydrogen) atoms. The molecule has 0 radical (unpaired) electrons. The number of imidazole rings is 2. The molecule has 2 N–H and O–H groups in total. The van der Waals surface area contributed by atoms with E-state index in [-0.39, 0.29) is 18.6 Å². The van der Waals surface area contributed by atoms with Crippen LogP contribution in [0.15, 0.2) is 49.1 Å². The monoisotopic (exact) mass is 619 g/mol. The number of nitrogens with one attached hydrogen (secondary N) is 2. The van der Waals surface area contributed by atoms with Gasteiger partial charge in [0.25, 0.3) is 0 Å². The zero-order valence-electron chi connectivity index (χ0n) is 27.8. The van der Waals surface area contributed by atoms with Gasteiger partial charge in [0.2, 0.25) is 0 Å². The number of esters is 1. The van der Waals surface area contributed by atoms with E-state index in [1.165, 1.54) is 52.0 Å². The number of piperidine rings is 1. The number of nitrogens with zero attached hydrogens (tertiary/aromatic N) is 5. The molecule has 0 saturated carbocycles. The normalized spacial score (nSPS) is 18.0. The van der Waals surface area contributed by atoms with Gasteiger partial charge in [-0.3, -0.25) is 0 Å². The molecule has 2 aliphatic rings. The average molecular weight is 620 g/mol. The highest BCUT2D eigenvalue weighted by atomic mass is 16.6. The Morgan fingerprint density at radius 1 is 1.04 bits per heavy atom. The van der Waals surface area contributed by atoms with Crippen molar-refractivity contribution in [2.24, 2.45) is 10.8 Å². The number of H-pyrrole nitrogens is 1. The molecule has 1 atom stereocenters. The Hall–Kier alpha value is -3.21. The fourth-order valence-corrected chi connectivity index (χ4v) is 6.89. The van der Waals surface area contributed by atoms with Crippen LogP contribution in [0.2, 0.25) is 0 Å². The molecule has 1 spiro atoms. The minimum atomic E-state index is -0.366. The summed E-state index contributed by atoms with van der Waals surface area (Å²) in [7, 11) is 0. The largest absolute Gasteiger partial charge is 0.482 e. The maximum absolute atomic E-state index is 11.6. The molecular weight excluding hydrogens is 566 g/mol. The first-order chi connectivity index (χ1) is 21.7. The zero-order valence-corrected chi connectivity index (χ0v) is 27.8. The first-order valence-corrected chi connectivity index (χ1v) is 16.8. The van der Waals surface area contributed by atoms with Gasteiger partial charge in [-0.1, -0.05) is 32.9 Å². The van der Waals surface area contributed by atoms with Gasteiger partial charge >= 0.3 is 5.97 Å². The second-order valence-electron chi connectivity index (χ2n) is 14.1. The van der Waals surface area contributed by atoms with Gasteiger partial charge in [0, 0.05) is 57.4 Å². The van der Waals surface area contributed by atoms with Crippen LogP contribution in [0.4, 0.5) is 0 Å². The molecule has 1 unspecified atom stereocenters. The number of benzene rings is 1. The number of hydrogen-bond acceptors (Lipinski definition) is 8. The van der Waals surface area contributed by atoms with Crippen molar-refractivity contribution < 1.29 is 14.3 Å². The summed E-state index contributed by atoms with van der Waals surface area (Å²) in [6.07, 6.45) is 13.6. The lowest BCUT2D eigenvalue weighted by Crippen LogP contribution is -2.44. The summed E-state index contributed by atoms with van der Waals surface area (Å²) in [6, 6.07) is 7.76. The number of rotatable bonds is 15. The molecule has 1 aromatic carbocycles. The number of carbonyl (C=O) groups is 1. The molecule has 0 aliphatic carbocycles. The predicted molar refractivity (Wildman–Crippen MR) is 176 cm³/mol. The first kappa shape index (κ1) is 33.2. The van der Waals surface area contributed by atoms with Crippen LogP contribution in [0.25, 0.3) is 0 Å². The van der Waals surface area contributed by atoms with Crippen molar-refractivity contribution in [2.45, 2.75) is 78.9 Å². The maximum Gasteiger partial charge on any atom is 0.344 e. The van der Waals surface area contributed by atoms with Crippen LogP contribution >= 0.6 is 0 Å². The minimum absolute atomic E-state index is 0.0107. The lowest BCUT2D eigenvalue weighted by molar-refractivity contribution is -0.145. The topological polar surface area (TPSA) is 101 Å². The van der Waals surface area contributed by atoms with Crippen LogP contribution in [0.3, 0.4) is 0 Å². The molecule has 4 heterocycles. The van der Waals surface area contributed by atoms with Gasteiger partial charge in [0.1, 0.15) is 17.4 Å². The summed E-state index contributed by atoms with van der Waals surface area (Å²) < 4.78 is 12.8. The molecule has 10 nitrogen and oxygen atoms in total. The van der Waals surface area contributed by atoms with Gasteiger partial charge in [-0.2, -0.15) is 0 Å². The van der Waals surface area contributed by atoms with Crippen molar-refractivity contribution in [1.82, 2.24) is 34.6 Å². The van der Waals surface area contributed by atoms with Gasteiger partial charge in [-0.15, -0.1) is 0 Å². The van der Waals surface area contributed by atoms with Crippen LogP contribution in [0.5, 0.6) is 5.75 Å². The van der Waals surface area contributed by atoms with Crippen LogP contribution in [0, 0.1) is 10.8 Å². The maximum atomic E-state index is 11.6. The number of aromatic nitrogens is 4. The summed E-state index contributed by atoms with van der Waals surface area (Å²) in [5.41, 5.74) is 2.02. The zero-order chi connectivity index (χ0) is 31.7. The van der Waals surface area contributed by atoms with Crippen molar-refractivity contribution in [3.05, 3.63) is 66.3 Å². The third kappa shape index (κ3) is 9.89. The minimum Gasteiger partial charge on any atom is -0.482 e. The summed E-state index contributed by atoms with van der Waals surface area (Å²) in [5, 5.41) is 3.67. The fourth-order valence-electron chi connectivity index (χ4n) is 6.89. The number of carbonyl (C=O) groups excluding carboxylic acids is 1. The number of aromatic amines is 1. The molecule has 2 aliphatic heterocycles. The second kappa shape index (κ2) is 15.4. The van der Waals surface area contributed by atoms with Gasteiger partial charge in [0.15, 0.2) is 6.61 Å². The van der Waals surface area contributed by atoms with Crippen molar-refractivity contribution >= 4 is 5.97 Å². The Labute approximate surface area is 268 Å². The van der Waals surface area contributed by atoms with E-state index in [1.807, 2.05) is 36.7 Å². The molecule has 3 aromatic rings. The van der Waals surface area contributed by atoms with E-state index < -0.39 is 0 Å². The third-order valence-corrected chi connectivity index (χ3v) is 9.18. The van der Waals surface area contributed by atoms with E-state index >= 15 is 0 Å². The Kier molecular flexibility index (Phi) is 11.3. The number of aryl methyl sites for hydroxylation is 1. The highest BCUT2D eigenvalue weighted by Gasteiger charge is 2.40. The second-order valence-corrected chi connectivity index (χ2v) is 14.1. The standard InChI is InChI=1S/C35H53N7O3/c1-5-44-32(43)25-45-29-9-7-28(8-10-29)24-39-30(33-37-14-15-38-33)23-31-36-16-22-42(31)18-6-17-40-19-11-35(27-40)12-20-41(21-13-35)26-34(2,3)4/h7-10,14-16,22,30,39H,5-6,11-13,17-21,23-27H2,1-4H3,(H,37,38). The van der Waals surface area contributed by atoms with E-state index in [2.05, 4.69) is 56.6 Å². The van der Waals surface area contributed by atoms with Crippen LogP contribution in [0.1, 0.15) is 76.6 Å². The molecule has 2 fully saturated rings. The summed E-state index contributed by atoms with van der Waals surface area (Å²) in [4.78, 5) is 29.5. The van der Waals surface area contributed by atoms with Crippen LogP contribution in [-0.2, 0) is 29.0 Å². The van der Waals surface area contributed by atoms with E-state index in [9.17, 15) is 4.79 Å². The van der Waals surface area contributed by atoms with E-state index in [1.54, 1.807) is 13.1 Å². The Morgan fingerprint density at radius 3 is 2.49 bits per heavy atom. The fraction of sp³-hybridized carbons (Fsp3) is 0.629. The lowest BCUT2D eigenvalue weighted by Gasteiger charge is -2.41. The summed E-state index contributed by atoms with van der Waals surface area (Å²) in [5.74, 6) is 2.24. The molecule has 2 saturated heterocycles. The Balaban J connectivity index is 1.08. The van der Waals surface area contributed by atoms with E-state index in [4.69, 9.17) is 14.5 Å². The molecule has 0 bridgehead atoms. The summed E-state index contributed by atoms with van der Waals surface area (Å²) >= 11 is 0. The smallest absolute Gasteiger partial charge is 0.344 e. The average Bonchev–Trinajstić information content (AvgIpc) is 3.78. The third-order valence-electron chi connectivity index (χ3n) is 9.18. The summed E-state index contributed by atoms with van der Waals surface area (Å²) in [6.45, 7) is 18.1. The SMILES string of the molecule is CCOC(=O)COc1ccc(CNC(Cc2nccn2CCCN2CCC3(CCN(CC(C)(C)C)CC3)C2)c2ncc[nH]2)cc1. The van der Waals surface area contributed by atoms with Gasteiger partial charge in [-0.05, 0) is 87.3 Å². The Morgan fingerprint density at radius 2 is 1.80 bits per heavy atom. The van der Waals surface area contributed by atoms with Gasteiger partial charge in [-0.25, -0.2) is 14.8 Å².